The predicted octanol–water partition coefficient (Wildman–Crippen LogP) is 2.33. The summed E-state index contributed by atoms with van der Waals surface area (Å²) >= 11 is 0. The fourth-order valence-electron chi connectivity index (χ4n) is 2.11. The predicted molar refractivity (Wildman–Crippen MR) is 82.0 cm³/mol. The molecule has 4 nitrogen and oxygen atoms in total. The molecule has 2 aromatic carbocycles. The van der Waals surface area contributed by atoms with Crippen LogP contribution in [0, 0.1) is 13.8 Å². The van der Waals surface area contributed by atoms with Crippen molar-refractivity contribution in [3.63, 3.8) is 0 Å². The Morgan fingerprint density at radius 2 is 1.81 bits per heavy atom. The van der Waals surface area contributed by atoms with Crippen LogP contribution in [0.1, 0.15) is 37.4 Å². The molecule has 0 aliphatic heterocycles. The van der Waals surface area contributed by atoms with Crippen molar-refractivity contribution >= 4 is 11.8 Å². The molecule has 0 saturated carbocycles. The standard InChI is InChI=1S/C17H18N2O2/c1-11-5-3-8-15(12(11)2)17(21)19-10-13-6-4-7-14(9-13)16(18)20/h3-9H,10H2,1-2H3,(H2,18,20)(H,19,21). The summed E-state index contributed by atoms with van der Waals surface area (Å²) in [5, 5.41) is 2.86. The first-order valence-corrected chi connectivity index (χ1v) is 6.72. The first kappa shape index (κ1) is 14.8. The van der Waals surface area contributed by atoms with Crippen LogP contribution in [0.2, 0.25) is 0 Å². The van der Waals surface area contributed by atoms with E-state index >= 15 is 0 Å². The van der Waals surface area contributed by atoms with Crippen LogP contribution >= 0.6 is 0 Å². The van der Waals surface area contributed by atoms with E-state index in [-0.39, 0.29) is 5.91 Å². The molecule has 0 heterocycles. The fourth-order valence-corrected chi connectivity index (χ4v) is 2.11. The van der Waals surface area contributed by atoms with Gasteiger partial charge in [-0.15, -0.1) is 0 Å². The third kappa shape index (κ3) is 3.48. The highest BCUT2D eigenvalue weighted by Gasteiger charge is 2.10. The number of hydrogen-bond donors (Lipinski definition) is 2. The number of rotatable bonds is 4. The smallest absolute Gasteiger partial charge is 0.251 e. The van der Waals surface area contributed by atoms with E-state index in [2.05, 4.69) is 5.32 Å². The number of primary amides is 1. The maximum atomic E-state index is 12.2. The van der Waals surface area contributed by atoms with E-state index in [1.54, 1.807) is 24.3 Å². The Kier molecular flexibility index (Phi) is 4.38. The molecular formula is C17H18N2O2. The minimum absolute atomic E-state index is 0.124. The number of aryl methyl sites for hydroxylation is 1. The summed E-state index contributed by atoms with van der Waals surface area (Å²) in [7, 11) is 0. The summed E-state index contributed by atoms with van der Waals surface area (Å²) in [5.74, 6) is -0.599. The molecule has 108 valence electrons. The minimum atomic E-state index is -0.474. The van der Waals surface area contributed by atoms with Crippen LogP contribution in [0.15, 0.2) is 42.5 Å². The largest absolute Gasteiger partial charge is 0.366 e. The topological polar surface area (TPSA) is 72.2 Å². The van der Waals surface area contributed by atoms with Crippen molar-refractivity contribution in [1.29, 1.82) is 0 Å². The second-order valence-corrected chi connectivity index (χ2v) is 4.99. The number of nitrogens with two attached hydrogens (primary N) is 1. The SMILES string of the molecule is Cc1cccc(C(=O)NCc2cccc(C(N)=O)c2)c1C. The molecule has 0 fully saturated rings. The Bertz CT molecular complexity index is 693. The molecule has 0 bridgehead atoms. The minimum Gasteiger partial charge on any atom is -0.366 e. The van der Waals surface area contributed by atoms with E-state index in [4.69, 9.17) is 5.73 Å². The van der Waals surface area contributed by atoms with Gasteiger partial charge >= 0.3 is 0 Å². The lowest BCUT2D eigenvalue weighted by Crippen LogP contribution is -2.24. The summed E-state index contributed by atoms with van der Waals surface area (Å²) in [6.45, 7) is 4.26. The zero-order chi connectivity index (χ0) is 15.4. The van der Waals surface area contributed by atoms with Crippen LogP contribution in [-0.4, -0.2) is 11.8 Å². The molecule has 0 aliphatic rings. The third-order valence-corrected chi connectivity index (χ3v) is 3.51. The number of nitrogens with one attached hydrogen (secondary N) is 1. The molecule has 0 aliphatic carbocycles. The van der Waals surface area contributed by atoms with Gasteiger partial charge in [0, 0.05) is 17.7 Å². The van der Waals surface area contributed by atoms with Crippen LogP contribution < -0.4 is 11.1 Å². The molecule has 2 aromatic rings. The molecule has 0 saturated heterocycles. The highest BCUT2D eigenvalue weighted by molar-refractivity contribution is 5.96. The van der Waals surface area contributed by atoms with Crippen molar-refractivity contribution < 1.29 is 9.59 Å². The third-order valence-electron chi connectivity index (χ3n) is 3.51. The molecule has 4 heteroatoms. The van der Waals surface area contributed by atoms with Crippen molar-refractivity contribution in [2.45, 2.75) is 20.4 Å². The number of amides is 2. The van der Waals surface area contributed by atoms with Gasteiger partial charge in [0.2, 0.25) is 5.91 Å². The second kappa shape index (κ2) is 6.22. The number of benzene rings is 2. The van der Waals surface area contributed by atoms with Gasteiger partial charge in [-0.05, 0) is 48.7 Å². The van der Waals surface area contributed by atoms with Crippen molar-refractivity contribution in [3.05, 3.63) is 70.3 Å². The van der Waals surface area contributed by atoms with Crippen LogP contribution in [-0.2, 0) is 6.54 Å². The lowest BCUT2D eigenvalue weighted by atomic mass is 10.0. The Morgan fingerprint density at radius 3 is 2.52 bits per heavy atom. The Hall–Kier alpha value is -2.62. The molecule has 2 amide bonds. The molecule has 2 rings (SSSR count). The van der Waals surface area contributed by atoms with Gasteiger partial charge in [-0.2, -0.15) is 0 Å². The number of carbonyl (C=O) groups excluding carboxylic acids is 2. The first-order chi connectivity index (χ1) is 9.99. The molecule has 0 radical (unpaired) electrons. The average Bonchev–Trinajstić information content (AvgIpc) is 2.48. The average molecular weight is 282 g/mol. The van der Waals surface area contributed by atoms with Gasteiger partial charge in [0.25, 0.3) is 5.91 Å². The Balaban J connectivity index is 2.09. The summed E-state index contributed by atoms with van der Waals surface area (Å²) in [6, 6.07) is 12.6. The summed E-state index contributed by atoms with van der Waals surface area (Å²) < 4.78 is 0. The van der Waals surface area contributed by atoms with Crippen molar-refractivity contribution in [1.82, 2.24) is 5.32 Å². The van der Waals surface area contributed by atoms with Gasteiger partial charge in [0.15, 0.2) is 0 Å². The fraction of sp³-hybridized carbons (Fsp3) is 0.176. The van der Waals surface area contributed by atoms with Crippen LogP contribution in [0.3, 0.4) is 0 Å². The quantitative estimate of drug-likeness (QED) is 0.903. The Labute approximate surface area is 124 Å². The van der Waals surface area contributed by atoms with E-state index in [0.717, 1.165) is 16.7 Å². The highest BCUT2D eigenvalue weighted by atomic mass is 16.2. The van der Waals surface area contributed by atoms with E-state index in [0.29, 0.717) is 17.7 Å². The van der Waals surface area contributed by atoms with E-state index in [1.807, 2.05) is 32.0 Å². The molecule has 0 atom stereocenters. The van der Waals surface area contributed by atoms with E-state index in [1.165, 1.54) is 0 Å². The lowest BCUT2D eigenvalue weighted by Gasteiger charge is -2.10. The van der Waals surface area contributed by atoms with Crippen molar-refractivity contribution in [2.75, 3.05) is 0 Å². The number of carbonyl (C=O) groups is 2. The number of hydrogen-bond acceptors (Lipinski definition) is 2. The molecule has 3 N–H and O–H groups in total. The van der Waals surface area contributed by atoms with E-state index < -0.39 is 5.91 Å². The van der Waals surface area contributed by atoms with E-state index in [9.17, 15) is 9.59 Å². The van der Waals surface area contributed by atoms with Crippen LogP contribution in [0.25, 0.3) is 0 Å². The monoisotopic (exact) mass is 282 g/mol. The van der Waals surface area contributed by atoms with Gasteiger partial charge in [-0.25, -0.2) is 0 Å². The molecule has 21 heavy (non-hydrogen) atoms. The molecule has 0 spiro atoms. The summed E-state index contributed by atoms with van der Waals surface area (Å²) in [5.41, 5.74) is 9.24. The molecular weight excluding hydrogens is 264 g/mol. The summed E-state index contributed by atoms with van der Waals surface area (Å²) in [6.07, 6.45) is 0. The first-order valence-electron chi connectivity index (χ1n) is 6.72. The van der Waals surface area contributed by atoms with Gasteiger partial charge < -0.3 is 11.1 Å². The zero-order valence-corrected chi connectivity index (χ0v) is 12.1. The van der Waals surface area contributed by atoms with Gasteiger partial charge in [-0.3, -0.25) is 9.59 Å². The molecule has 0 unspecified atom stereocenters. The second-order valence-electron chi connectivity index (χ2n) is 4.99. The zero-order valence-electron chi connectivity index (χ0n) is 12.1. The maximum Gasteiger partial charge on any atom is 0.251 e. The van der Waals surface area contributed by atoms with Gasteiger partial charge in [0.1, 0.15) is 0 Å². The highest BCUT2D eigenvalue weighted by Crippen LogP contribution is 2.13. The van der Waals surface area contributed by atoms with Crippen molar-refractivity contribution in [2.24, 2.45) is 5.73 Å². The normalized spacial score (nSPS) is 10.2. The van der Waals surface area contributed by atoms with Gasteiger partial charge in [-0.1, -0.05) is 24.3 Å². The maximum absolute atomic E-state index is 12.2. The van der Waals surface area contributed by atoms with Crippen LogP contribution in [0.5, 0.6) is 0 Å². The lowest BCUT2D eigenvalue weighted by molar-refractivity contribution is 0.0949. The van der Waals surface area contributed by atoms with Gasteiger partial charge in [0.05, 0.1) is 0 Å². The summed E-state index contributed by atoms with van der Waals surface area (Å²) in [4.78, 5) is 23.3. The Morgan fingerprint density at radius 1 is 1.10 bits per heavy atom. The van der Waals surface area contributed by atoms with Crippen molar-refractivity contribution in [3.8, 4) is 0 Å². The molecule has 0 aromatic heterocycles. The van der Waals surface area contributed by atoms with Crippen LogP contribution in [0.4, 0.5) is 0 Å².